The SMILES string of the molecule is CN(CC(=O)Nc1cnc2c(c1)c(=O)n(C)c(=O)n2C)S(=O)(=O)c1ccc(Cl)cc1. The monoisotopic (exact) mass is 451 g/mol. The first kappa shape index (κ1) is 21.7. The zero-order chi connectivity index (χ0) is 22.2. The molecule has 3 aromatic rings. The Labute approximate surface area is 176 Å². The lowest BCUT2D eigenvalue weighted by Crippen LogP contribution is -2.37. The number of anilines is 1. The molecule has 0 unspecified atom stereocenters. The zero-order valence-electron chi connectivity index (χ0n) is 16.3. The van der Waals surface area contributed by atoms with Crippen molar-refractivity contribution in [2.75, 3.05) is 18.9 Å². The number of amides is 1. The van der Waals surface area contributed by atoms with Crippen LogP contribution in [-0.4, -0.2) is 46.3 Å². The molecule has 1 N–H and O–H groups in total. The van der Waals surface area contributed by atoms with Crippen LogP contribution in [0.1, 0.15) is 0 Å². The number of benzene rings is 1. The predicted molar refractivity (Wildman–Crippen MR) is 112 cm³/mol. The first-order valence-electron chi connectivity index (χ1n) is 8.60. The van der Waals surface area contributed by atoms with Crippen LogP contribution in [0.4, 0.5) is 5.69 Å². The summed E-state index contributed by atoms with van der Waals surface area (Å²) in [5.41, 5.74) is -0.714. The molecule has 1 aromatic carbocycles. The van der Waals surface area contributed by atoms with Crippen molar-refractivity contribution < 1.29 is 13.2 Å². The molecule has 0 saturated heterocycles. The molecule has 12 heteroatoms. The molecule has 0 aliphatic heterocycles. The molecule has 0 radical (unpaired) electrons. The van der Waals surface area contributed by atoms with Gasteiger partial charge in [-0.3, -0.25) is 18.7 Å². The Morgan fingerprint density at radius 1 is 1.17 bits per heavy atom. The second kappa shape index (κ2) is 8.01. The third kappa shape index (κ3) is 3.99. The molecule has 0 spiro atoms. The summed E-state index contributed by atoms with van der Waals surface area (Å²) in [6.45, 7) is -0.464. The lowest BCUT2D eigenvalue weighted by Gasteiger charge is -2.17. The maximum Gasteiger partial charge on any atom is 0.332 e. The van der Waals surface area contributed by atoms with E-state index in [0.717, 1.165) is 8.87 Å². The summed E-state index contributed by atoms with van der Waals surface area (Å²) in [6.07, 6.45) is 1.28. The molecule has 0 bridgehead atoms. The minimum absolute atomic E-state index is 0.000939. The maximum absolute atomic E-state index is 12.6. The van der Waals surface area contributed by atoms with Gasteiger partial charge >= 0.3 is 5.69 Å². The van der Waals surface area contributed by atoms with Gasteiger partial charge in [0.1, 0.15) is 5.65 Å². The summed E-state index contributed by atoms with van der Waals surface area (Å²) in [5.74, 6) is -0.627. The fourth-order valence-corrected chi connectivity index (χ4v) is 4.06. The predicted octanol–water partition coefficient (Wildman–Crippen LogP) is 0.545. The summed E-state index contributed by atoms with van der Waals surface area (Å²) < 4.78 is 28.2. The van der Waals surface area contributed by atoms with Gasteiger partial charge in [-0.2, -0.15) is 4.31 Å². The summed E-state index contributed by atoms with van der Waals surface area (Å²) in [5, 5.41) is 3.04. The third-order valence-electron chi connectivity index (χ3n) is 4.47. The number of nitrogens with zero attached hydrogens (tertiary/aromatic N) is 4. The number of hydrogen-bond acceptors (Lipinski definition) is 6. The summed E-state index contributed by atoms with van der Waals surface area (Å²) in [7, 11) is 0.195. The highest BCUT2D eigenvalue weighted by atomic mass is 35.5. The molecule has 158 valence electrons. The Morgan fingerprint density at radius 2 is 1.80 bits per heavy atom. The Hall–Kier alpha value is -3.02. The number of sulfonamides is 1. The average molecular weight is 452 g/mol. The van der Waals surface area contributed by atoms with Crippen LogP contribution >= 0.6 is 11.6 Å². The van der Waals surface area contributed by atoms with E-state index in [0.29, 0.717) is 5.02 Å². The summed E-state index contributed by atoms with van der Waals surface area (Å²) >= 11 is 5.78. The Kier molecular flexibility index (Phi) is 5.79. The number of halogens is 1. The van der Waals surface area contributed by atoms with Gasteiger partial charge in [0.15, 0.2) is 0 Å². The van der Waals surface area contributed by atoms with Crippen LogP contribution < -0.4 is 16.6 Å². The fraction of sp³-hybridized carbons (Fsp3) is 0.222. The first-order valence-corrected chi connectivity index (χ1v) is 10.4. The molecule has 0 fully saturated rings. The van der Waals surface area contributed by atoms with Crippen LogP contribution in [0.3, 0.4) is 0 Å². The third-order valence-corrected chi connectivity index (χ3v) is 6.53. The van der Waals surface area contributed by atoms with Crippen molar-refractivity contribution in [3.05, 3.63) is 62.4 Å². The Balaban J connectivity index is 1.82. The van der Waals surface area contributed by atoms with E-state index in [1.807, 2.05) is 0 Å². The van der Waals surface area contributed by atoms with Gasteiger partial charge in [-0.1, -0.05) is 11.6 Å². The number of aryl methyl sites for hydroxylation is 1. The van der Waals surface area contributed by atoms with Gasteiger partial charge < -0.3 is 5.32 Å². The quantitative estimate of drug-likeness (QED) is 0.604. The molecule has 2 heterocycles. The van der Waals surface area contributed by atoms with Gasteiger partial charge in [-0.25, -0.2) is 18.2 Å². The van der Waals surface area contributed by atoms with Gasteiger partial charge in [-0.05, 0) is 30.3 Å². The Morgan fingerprint density at radius 3 is 2.43 bits per heavy atom. The number of nitrogens with one attached hydrogen (secondary N) is 1. The minimum atomic E-state index is -3.89. The molecule has 2 aromatic heterocycles. The minimum Gasteiger partial charge on any atom is -0.324 e. The fourth-order valence-electron chi connectivity index (χ4n) is 2.81. The number of rotatable bonds is 5. The Bertz CT molecular complexity index is 1360. The highest BCUT2D eigenvalue weighted by Crippen LogP contribution is 2.18. The molecule has 0 atom stereocenters. The van der Waals surface area contributed by atoms with Crippen molar-refractivity contribution in [3.63, 3.8) is 0 Å². The molecule has 3 rings (SSSR count). The lowest BCUT2D eigenvalue weighted by atomic mass is 10.3. The van der Waals surface area contributed by atoms with Crippen molar-refractivity contribution in [2.45, 2.75) is 4.90 Å². The molecule has 10 nitrogen and oxygen atoms in total. The smallest absolute Gasteiger partial charge is 0.324 e. The zero-order valence-corrected chi connectivity index (χ0v) is 17.9. The van der Waals surface area contributed by atoms with E-state index in [9.17, 15) is 22.8 Å². The van der Waals surface area contributed by atoms with Gasteiger partial charge in [0.05, 0.1) is 28.7 Å². The van der Waals surface area contributed by atoms with Gasteiger partial charge in [-0.15, -0.1) is 0 Å². The van der Waals surface area contributed by atoms with Crippen LogP contribution in [0.15, 0.2) is 51.0 Å². The molecule has 0 aliphatic carbocycles. The van der Waals surface area contributed by atoms with Crippen LogP contribution in [0.25, 0.3) is 11.0 Å². The van der Waals surface area contributed by atoms with E-state index < -0.39 is 33.7 Å². The van der Waals surface area contributed by atoms with Crippen LogP contribution in [0, 0.1) is 0 Å². The second-order valence-electron chi connectivity index (χ2n) is 6.56. The van der Waals surface area contributed by atoms with E-state index in [4.69, 9.17) is 11.6 Å². The highest BCUT2D eigenvalue weighted by Gasteiger charge is 2.23. The molecular weight excluding hydrogens is 434 g/mol. The van der Waals surface area contributed by atoms with Crippen molar-refractivity contribution >= 4 is 44.3 Å². The van der Waals surface area contributed by atoms with Gasteiger partial charge in [0, 0.05) is 26.2 Å². The maximum atomic E-state index is 12.6. The number of carbonyl (C=O) groups excluding carboxylic acids is 1. The summed E-state index contributed by atoms with van der Waals surface area (Å²) in [6, 6.07) is 6.96. The van der Waals surface area contributed by atoms with Crippen molar-refractivity contribution in [1.82, 2.24) is 18.4 Å². The number of fused-ring (bicyclic) bond motifs is 1. The van der Waals surface area contributed by atoms with E-state index >= 15 is 0 Å². The number of aromatic nitrogens is 3. The molecular formula is C18H18ClN5O5S. The second-order valence-corrected chi connectivity index (χ2v) is 9.05. The lowest BCUT2D eigenvalue weighted by molar-refractivity contribution is -0.116. The number of likely N-dealkylation sites (N-methyl/N-ethyl adjacent to an activating group) is 1. The van der Waals surface area contributed by atoms with Crippen LogP contribution in [-0.2, 0) is 28.9 Å². The number of hydrogen-bond donors (Lipinski definition) is 1. The normalized spacial score (nSPS) is 11.8. The van der Waals surface area contributed by atoms with Crippen LogP contribution in [0.2, 0.25) is 5.02 Å². The molecule has 1 amide bonds. The molecule has 0 saturated carbocycles. The van der Waals surface area contributed by atoms with E-state index in [1.165, 1.54) is 62.2 Å². The highest BCUT2D eigenvalue weighted by molar-refractivity contribution is 7.89. The molecule has 30 heavy (non-hydrogen) atoms. The van der Waals surface area contributed by atoms with E-state index in [2.05, 4.69) is 10.3 Å². The van der Waals surface area contributed by atoms with Crippen molar-refractivity contribution in [1.29, 1.82) is 0 Å². The van der Waals surface area contributed by atoms with Crippen molar-refractivity contribution in [2.24, 2.45) is 14.1 Å². The standard InChI is InChI=1S/C18H18ClN5O5S/c1-22(30(28,29)13-6-4-11(19)5-7-13)10-15(25)21-12-8-14-16(20-9-12)23(2)18(27)24(3)17(14)26/h4-9H,10H2,1-3H3,(H,21,25). The summed E-state index contributed by atoms with van der Waals surface area (Å²) in [4.78, 5) is 40.7. The van der Waals surface area contributed by atoms with E-state index in [1.54, 1.807) is 0 Å². The van der Waals surface area contributed by atoms with Crippen LogP contribution in [0.5, 0.6) is 0 Å². The van der Waals surface area contributed by atoms with Gasteiger partial charge in [0.25, 0.3) is 5.56 Å². The average Bonchev–Trinajstić information content (AvgIpc) is 2.70. The van der Waals surface area contributed by atoms with Gasteiger partial charge in [0.2, 0.25) is 15.9 Å². The number of pyridine rings is 1. The number of carbonyl (C=O) groups is 1. The largest absolute Gasteiger partial charge is 0.332 e. The first-order chi connectivity index (χ1) is 14.0. The topological polar surface area (TPSA) is 123 Å². The van der Waals surface area contributed by atoms with E-state index in [-0.39, 0.29) is 21.6 Å². The molecule has 0 aliphatic rings. The van der Waals surface area contributed by atoms with Crippen molar-refractivity contribution in [3.8, 4) is 0 Å².